The van der Waals surface area contributed by atoms with Crippen molar-refractivity contribution in [2.24, 2.45) is 0 Å². The van der Waals surface area contributed by atoms with Crippen molar-refractivity contribution in [2.75, 3.05) is 21.3 Å². The van der Waals surface area contributed by atoms with Crippen LogP contribution in [0.5, 0.6) is 17.2 Å². The maximum Gasteiger partial charge on any atom is 0.425 e. The number of carbonyl (C=O) groups excluding carboxylic acids is 3. The molecule has 1 heterocycles. The van der Waals surface area contributed by atoms with E-state index >= 15 is 13.2 Å². The number of carbonyl (C=O) groups is 3. The van der Waals surface area contributed by atoms with Gasteiger partial charge in [-0.3, -0.25) is 14.4 Å². The van der Waals surface area contributed by atoms with Crippen molar-refractivity contribution in [3.63, 3.8) is 0 Å². The summed E-state index contributed by atoms with van der Waals surface area (Å²) < 4.78 is 61.1. The van der Waals surface area contributed by atoms with Gasteiger partial charge in [-0.1, -0.05) is 42.5 Å². The predicted octanol–water partition coefficient (Wildman–Crippen LogP) is 4.94. The molecule has 11 heteroatoms. The number of rotatable bonds is 9. The van der Waals surface area contributed by atoms with Gasteiger partial charge >= 0.3 is 6.18 Å². The Morgan fingerprint density at radius 3 is 2.05 bits per heavy atom. The fourth-order valence-electron chi connectivity index (χ4n) is 4.71. The Balaban J connectivity index is 1.86. The first-order valence-electron chi connectivity index (χ1n) is 12.4. The van der Waals surface area contributed by atoms with E-state index in [0.29, 0.717) is 11.3 Å². The van der Waals surface area contributed by atoms with Gasteiger partial charge in [0.2, 0.25) is 5.54 Å². The Labute approximate surface area is 234 Å². The van der Waals surface area contributed by atoms with E-state index in [1.807, 2.05) is 5.32 Å². The molecule has 1 aliphatic rings. The molecule has 214 valence electrons. The molecule has 3 aromatic rings. The molecule has 41 heavy (non-hydrogen) atoms. The minimum absolute atomic E-state index is 0.0741. The first-order chi connectivity index (χ1) is 19.5. The second kappa shape index (κ2) is 11.4. The molecule has 1 aliphatic heterocycles. The molecular formula is C30H27F3N2O6. The summed E-state index contributed by atoms with van der Waals surface area (Å²) in [6.45, 7) is 0.970. The number of nitrogens with one attached hydrogen (secondary N) is 1. The molecule has 0 radical (unpaired) electrons. The first-order valence-corrected chi connectivity index (χ1v) is 12.4. The van der Waals surface area contributed by atoms with Gasteiger partial charge in [-0.25, -0.2) is 0 Å². The SMILES string of the molecule is COc1ccc(CN2C(=O)[C@@](NC(=O)c3ccc(OC)c(OC)c3)(C(F)(F)F)C(C(=O)c3ccccc3)=C2C)cc1. The van der Waals surface area contributed by atoms with Crippen LogP contribution in [0.15, 0.2) is 84.1 Å². The zero-order valence-corrected chi connectivity index (χ0v) is 22.7. The van der Waals surface area contributed by atoms with Crippen LogP contribution in [0.25, 0.3) is 0 Å². The largest absolute Gasteiger partial charge is 0.497 e. The van der Waals surface area contributed by atoms with Crippen molar-refractivity contribution in [2.45, 2.75) is 25.2 Å². The lowest BCUT2D eigenvalue weighted by Gasteiger charge is -2.33. The van der Waals surface area contributed by atoms with E-state index in [0.717, 1.165) is 4.90 Å². The normalized spacial score (nSPS) is 17.0. The smallest absolute Gasteiger partial charge is 0.425 e. The number of hydrogen-bond acceptors (Lipinski definition) is 6. The molecule has 0 aliphatic carbocycles. The van der Waals surface area contributed by atoms with Crippen LogP contribution in [0, 0.1) is 0 Å². The molecule has 0 saturated carbocycles. The summed E-state index contributed by atoms with van der Waals surface area (Å²) in [6.07, 6.45) is -5.40. The summed E-state index contributed by atoms with van der Waals surface area (Å²) in [7, 11) is 4.13. The van der Waals surface area contributed by atoms with E-state index in [1.54, 1.807) is 30.3 Å². The summed E-state index contributed by atoms with van der Waals surface area (Å²) in [5.74, 6) is -2.94. The quantitative estimate of drug-likeness (QED) is 0.368. The van der Waals surface area contributed by atoms with E-state index in [1.165, 1.54) is 70.7 Å². The third kappa shape index (κ3) is 5.22. The van der Waals surface area contributed by atoms with Crippen LogP contribution in [0.3, 0.4) is 0 Å². The van der Waals surface area contributed by atoms with Gasteiger partial charge in [-0.2, -0.15) is 13.2 Å². The number of Topliss-reactive ketones (excluding diaryl/α,β-unsaturated/α-hetero) is 1. The Morgan fingerprint density at radius 1 is 0.854 bits per heavy atom. The highest BCUT2D eigenvalue weighted by atomic mass is 19.4. The van der Waals surface area contributed by atoms with Crippen LogP contribution in [0.4, 0.5) is 13.2 Å². The van der Waals surface area contributed by atoms with Crippen molar-refractivity contribution in [3.05, 3.63) is 101 Å². The lowest BCUT2D eigenvalue weighted by atomic mass is 9.84. The molecule has 0 spiro atoms. The molecule has 0 unspecified atom stereocenters. The van der Waals surface area contributed by atoms with Crippen LogP contribution in [0.1, 0.15) is 33.2 Å². The van der Waals surface area contributed by atoms with E-state index in [4.69, 9.17) is 14.2 Å². The van der Waals surface area contributed by atoms with Gasteiger partial charge in [-0.15, -0.1) is 0 Å². The lowest BCUT2D eigenvalue weighted by molar-refractivity contribution is -0.189. The van der Waals surface area contributed by atoms with Crippen molar-refractivity contribution in [1.82, 2.24) is 10.2 Å². The van der Waals surface area contributed by atoms with Gasteiger partial charge < -0.3 is 24.4 Å². The summed E-state index contributed by atoms with van der Waals surface area (Å²) >= 11 is 0. The lowest BCUT2D eigenvalue weighted by Crippen LogP contribution is -2.66. The van der Waals surface area contributed by atoms with E-state index in [-0.39, 0.29) is 34.9 Å². The first kappa shape index (κ1) is 29.2. The third-order valence-corrected chi connectivity index (χ3v) is 6.84. The number of hydrogen-bond donors (Lipinski definition) is 1. The highest BCUT2D eigenvalue weighted by Crippen LogP contribution is 2.46. The average molecular weight is 569 g/mol. The molecule has 3 aromatic carbocycles. The van der Waals surface area contributed by atoms with Crippen LogP contribution in [-0.4, -0.2) is 55.5 Å². The number of benzene rings is 3. The highest BCUT2D eigenvalue weighted by Gasteiger charge is 2.70. The summed E-state index contributed by atoms with van der Waals surface area (Å²) in [4.78, 5) is 41.8. The van der Waals surface area contributed by atoms with Crippen LogP contribution >= 0.6 is 0 Å². The fraction of sp³-hybridized carbons (Fsp3) is 0.233. The molecular weight excluding hydrogens is 541 g/mol. The summed E-state index contributed by atoms with van der Waals surface area (Å²) in [5.41, 5.74) is -4.62. The summed E-state index contributed by atoms with van der Waals surface area (Å²) in [6, 6.07) is 17.4. The van der Waals surface area contributed by atoms with Gasteiger partial charge in [0.1, 0.15) is 5.75 Å². The minimum atomic E-state index is -5.40. The number of ketones is 1. The predicted molar refractivity (Wildman–Crippen MR) is 143 cm³/mol. The Kier molecular flexibility index (Phi) is 8.09. The monoisotopic (exact) mass is 568 g/mol. The van der Waals surface area contributed by atoms with E-state index in [2.05, 4.69) is 0 Å². The van der Waals surface area contributed by atoms with Crippen molar-refractivity contribution in [3.8, 4) is 17.2 Å². The Hall–Kier alpha value is -4.80. The Morgan fingerprint density at radius 2 is 1.49 bits per heavy atom. The number of halogens is 3. The van der Waals surface area contributed by atoms with E-state index < -0.39 is 34.9 Å². The second-order valence-corrected chi connectivity index (χ2v) is 9.17. The molecule has 0 fully saturated rings. The van der Waals surface area contributed by atoms with Gasteiger partial charge in [0.15, 0.2) is 17.3 Å². The van der Waals surface area contributed by atoms with Gasteiger partial charge in [0.25, 0.3) is 11.8 Å². The number of allylic oxidation sites excluding steroid dienone is 1. The van der Waals surface area contributed by atoms with Gasteiger partial charge in [0, 0.05) is 16.8 Å². The number of ether oxygens (including phenoxy) is 3. The van der Waals surface area contributed by atoms with E-state index in [9.17, 15) is 14.4 Å². The minimum Gasteiger partial charge on any atom is -0.497 e. The highest BCUT2D eigenvalue weighted by molar-refractivity contribution is 6.19. The molecule has 0 aromatic heterocycles. The molecule has 1 atom stereocenters. The molecule has 2 amide bonds. The van der Waals surface area contributed by atoms with Crippen molar-refractivity contribution in [1.29, 1.82) is 0 Å². The molecule has 1 N–H and O–H groups in total. The molecule has 8 nitrogen and oxygen atoms in total. The third-order valence-electron chi connectivity index (χ3n) is 6.84. The zero-order valence-electron chi connectivity index (χ0n) is 22.7. The van der Waals surface area contributed by atoms with Crippen LogP contribution < -0.4 is 19.5 Å². The maximum absolute atomic E-state index is 15.2. The topological polar surface area (TPSA) is 94.2 Å². The van der Waals surface area contributed by atoms with Gasteiger partial charge in [-0.05, 0) is 42.8 Å². The number of amides is 2. The van der Waals surface area contributed by atoms with Gasteiger partial charge in [0.05, 0.1) is 33.4 Å². The second-order valence-electron chi connectivity index (χ2n) is 9.17. The molecule has 4 rings (SSSR count). The van der Waals surface area contributed by atoms with Crippen molar-refractivity contribution >= 4 is 17.6 Å². The molecule has 0 bridgehead atoms. The number of methoxy groups -OCH3 is 3. The van der Waals surface area contributed by atoms with Crippen LogP contribution in [-0.2, 0) is 11.3 Å². The fourth-order valence-corrected chi connectivity index (χ4v) is 4.71. The summed E-state index contributed by atoms with van der Waals surface area (Å²) in [5, 5.41) is 1.90. The zero-order chi connectivity index (χ0) is 29.9. The maximum atomic E-state index is 15.2. The average Bonchev–Trinajstić information content (AvgIpc) is 3.18. The number of alkyl halides is 3. The van der Waals surface area contributed by atoms with Crippen LogP contribution in [0.2, 0.25) is 0 Å². The molecule has 0 saturated heterocycles. The Bertz CT molecular complexity index is 1500. The van der Waals surface area contributed by atoms with Crippen molar-refractivity contribution < 1.29 is 41.8 Å². The number of nitrogens with zero attached hydrogens (tertiary/aromatic N) is 1. The standard InChI is InChI=1S/C30H27F3N2O6/c1-18-25(26(36)20-8-6-5-7-9-20)29(30(31,32)33,28(38)35(18)17-19-10-13-22(39-2)14-11-19)34-27(37)21-12-15-23(40-3)24(16-21)41-4/h5-16H,17H2,1-4H3,(H,34,37)/t29-/m1/s1.